The van der Waals surface area contributed by atoms with Crippen molar-refractivity contribution in [2.75, 3.05) is 33.2 Å². The van der Waals surface area contributed by atoms with E-state index < -0.39 is 23.9 Å². The van der Waals surface area contributed by atoms with Gasteiger partial charge in [0.2, 0.25) is 6.79 Å². The molecule has 0 amide bonds. The molecule has 1 aliphatic heterocycles. The van der Waals surface area contributed by atoms with Crippen molar-refractivity contribution in [3.8, 4) is 34.5 Å². The van der Waals surface area contributed by atoms with Crippen molar-refractivity contribution in [3.63, 3.8) is 0 Å². The lowest BCUT2D eigenvalue weighted by Gasteiger charge is -2.11. The zero-order valence-corrected chi connectivity index (χ0v) is 33.8. The number of rotatable bonds is 25. The molecular weight excluding hydrogens is 785 g/mol. The lowest BCUT2D eigenvalue weighted by Crippen LogP contribution is -2.11. The van der Waals surface area contributed by atoms with Gasteiger partial charge in [0, 0.05) is 17.7 Å². The Labute approximate surface area is 354 Å². The van der Waals surface area contributed by atoms with Crippen LogP contribution in [0.3, 0.4) is 0 Å². The third kappa shape index (κ3) is 15.5. The molecule has 0 atom stereocenters. The summed E-state index contributed by atoms with van der Waals surface area (Å²) in [5.41, 5.74) is 1.64. The average molecular weight is 833 g/mol. The minimum absolute atomic E-state index is 0.149. The van der Waals surface area contributed by atoms with E-state index in [1.807, 2.05) is 0 Å². The van der Waals surface area contributed by atoms with Gasteiger partial charge < -0.3 is 37.9 Å². The Bertz CT molecular complexity index is 2160. The molecule has 14 nitrogen and oxygen atoms in total. The summed E-state index contributed by atoms with van der Waals surface area (Å²) in [5.74, 6) is 0.727. The fourth-order valence-corrected chi connectivity index (χ4v) is 5.63. The van der Waals surface area contributed by atoms with Gasteiger partial charge in [-0.15, -0.1) is 0 Å². The van der Waals surface area contributed by atoms with E-state index in [0.29, 0.717) is 60.6 Å². The average Bonchev–Trinajstić information content (AvgIpc) is 3.76. The molecule has 61 heavy (non-hydrogen) atoms. The maximum absolute atomic E-state index is 13.3. The van der Waals surface area contributed by atoms with Crippen molar-refractivity contribution >= 4 is 36.3 Å². The minimum Gasteiger partial charge on any atom is -0.494 e. The number of hydrogen-bond donors (Lipinski definition) is 0. The molecule has 14 heteroatoms. The van der Waals surface area contributed by atoms with Gasteiger partial charge in [-0.2, -0.15) is 10.2 Å². The van der Waals surface area contributed by atoms with E-state index in [4.69, 9.17) is 37.9 Å². The van der Waals surface area contributed by atoms with Crippen LogP contribution in [0.25, 0.3) is 0 Å². The second-order valence-electron chi connectivity index (χ2n) is 13.4. The number of carbonyl (C=O) groups excluding carboxylic acids is 4. The second kappa shape index (κ2) is 24.6. The Kier molecular flexibility index (Phi) is 18.1. The van der Waals surface area contributed by atoms with Crippen molar-refractivity contribution in [1.29, 1.82) is 0 Å². The molecule has 0 radical (unpaired) electrons. The monoisotopic (exact) mass is 832 g/mol. The first-order valence-corrected chi connectivity index (χ1v) is 19.9. The zero-order valence-electron chi connectivity index (χ0n) is 33.8. The highest BCUT2D eigenvalue weighted by molar-refractivity contribution is 5.94. The van der Waals surface area contributed by atoms with Crippen LogP contribution < -0.4 is 28.4 Å². The van der Waals surface area contributed by atoms with Gasteiger partial charge in [-0.05, 0) is 142 Å². The zero-order chi connectivity index (χ0) is 43.1. The Morgan fingerprint density at radius 1 is 0.541 bits per heavy atom. The number of unbranched alkanes of at least 4 members (excludes halogenated alkanes) is 6. The van der Waals surface area contributed by atoms with E-state index in [9.17, 15) is 19.2 Å². The molecular formula is C47H48N2O12. The van der Waals surface area contributed by atoms with Crippen LogP contribution in [-0.4, -0.2) is 69.5 Å². The third-order valence-corrected chi connectivity index (χ3v) is 8.88. The van der Waals surface area contributed by atoms with Gasteiger partial charge in [-0.25, -0.2) is 19.2 Å². The molecule has 1 aliphatic rings. The fourth-order valence-electron chi connectivity index (χ4n) is 5.63. The molecule has 0 spiro atoms. The third-order valence-electron chi connectivity index (χ3n) is 8.88. The van der Waals surface area contributed by atoms with Crippen LogP contribution in [0.5, 0.6) is 34.5 Å². The normalized spacial score (nSPS) is 11.5. The molecule has 0 aromatic heterocycles. The summed E-state index contributed by atoms with van der Waals surface area (Å²) in [7, 11) is 0. The molecule has 5 rings (SSSR count). The molecule has 0 fully saturated rings. The van der Waals surface area contributed by atoms with Crippen molar-refractivity contribution in [2.45, 2.75) is 51.4 Å². The topological polar surface area (TPSA) is 167 Å². The first kappa shape index (κ1) is 44.9. The fraction of sp³-hybridized carbons (Fsp3) is 0.277. The van der Waals surface area contributed by atoms with Crippen LogP contribution in [0.1, 0.15) is 83.2 Å². The highest BCUT2D eigenvalue weighted by Crippen LogP contribution is 2.32. The predicted octanol–water partition coefficient (Wildman–Crippen LogP) is 8.64. The summed E-state index contributed by atoms with van der Waals surface area (Å²) in [6.45, 7) is 8.62. The summed E-state index contributed by atoms with van der Waals surface area (Å²) in [5, 5.41) is 8.30. The maximum atomic E-state index is 13.3. The Morgan fingerprint density at radius 2 is 1.05 bits per heavy atom. The molecule has 0 bridgehead atoms. The number of fused-ring (bicyclic) bond motifs is 1. The van der Waals surface area contributed by atoms with Crippen molar-refractivity contribution in [2.24, 2.45) is 10.2 Å². The van der Waals surface area contributed by atoms with Gasteiger partial charge in [-0.1, -0.05) is 13.2 Å². The van der Waals surface area contributed by atoms with Crippen molar-refractivity contribution in [1.82, 2.24) is 0 Å². The van der Waals surface area contributed by atoms with Crippen LogP contribution in [0.2, 0.25) is 0 Å². The maximum Gasteiger partial charge on any atom is 0.343 e. The van der Waals surface area contributed by atoms with Gasteiger partial charge in [0.05, 0.1) is 50.0 Å². The lowest BCUT2D eigenvalue weighted by molar-refractivity contribution is -0.138. The molecule has 4 aromatic carbocycles. The summed E-state index contributed by atoms with van der Waals surface area (Å²) in [6, 6.07) is 23.1. The first-order valence-electron chi connectivity index (χ1n) is 19.9. The number of benzene rings is 4. The van der Waals surface area contributed by atoms with Gasteiger partial charge in [-0.3, -0.25) is 0 Å². The molecule has 0 saturated carbocycles. The van der Waals surface area contributed by atoms with Crippen molar-refractivity contribution in [3.05, 3.63) is 132 Å². The van der Waals surface area contributed by atoms with E-state index in [1.165, 1.54) is 30.6 Å². The van der Waals surface area contributed by atoms with Gasteiger partial charge >= 0.3 is 23.9 Å². The van der Waals surface area contributed by atoms with Crippen molar-refractivity contribution < 1.29 is 57.1 Å². The number of carbonyl (C=O) groups is 4. The number of ether oxygens (including phenoxy) is 8. The van der Waals surface area contributed by atoms with Gasteiger partial charge in [0.15, 0.2) is 11.5 Å². The van der Waals surface area contributed by atoms with E-state index in [0.717, 1.165) is 69.1 Å². The Morgan fingerprint density at radius 3 is 1.62 bits per heavy atom. The van der Waals surface area contributed by atoms with E-state index in [2.05, 4.69) is 23.4 Å². The smallest absolute Gasteiger partial charge is 0.343 e. The Balaban J connectivity index is 1.16. The number of esters is 4. The van der Waals surface area contributed by atoms with E-state index in [-0.39, 0.29) is 23.9 Å². The quantitative estimate of drug-likeness (QED) is 0.0156. The molecule has 0 saturated heterocycles. The SMILES string of the molecule is C=CC(=O)OCCCCCCOc1ccc(C(=O)Oc2ccc(OC(=O)c3ccc(OCCCCCCOC(=O)C=C)cc3)c(C=NN=Cc3ccc4c(c3)OCO4)c2)cc1. The predicted molar refractivity (Wildman–Crippen MR) is 227 cm³/mol. The summed E-state index contributed by atoms with van der Waals surface area (Å²) in [4.78, 5) is 48.6. The van der Waals surface area contributed by atoms with Gasteiger partial charge in [0.1, 0.15) is 23.0 Å². The lowest BCUT2D eigenvalue weighted by atomic mass is 10.2. The number of hydrogen-bond acceptors (Lipinski definition) is 14. The summed E-state index contributed by atoms with van der Waals surface area (Å²) < 4.78 is 43.8. The summed E-state index contributed by atoms with van der Waals surface area (Å²) in [6.07, 6.45) is 12.0. The van der Waals surface area contributed by atoms with Crippen LogP contribution >= 0.6 is 0 Å². The van der Waals surface area contributed by atoms with Crippen LogP contribution in [-0.2, 0) is 19.1 Å². The highest BCUT2D eigenvalue weighted by Gasteiger charge is 2.16. The molecule has 4 aromatic rings. The molecule has 0 unspecified atom stereocenters. The molecule has 0 aliphatic carbocycles. The van der Waals surface area contributed by atoms with Crippen LogP contribution in [0.4, 0.5) is 0 Å². The molecule has 0 N–H and O–H groups in total. The summed E-state index contributed by atoms with van der Waals surface area (Å²) >= 11 is 0. The Hall–Kier alpha value is -7.22. The largest absolute Gasteiger partial charge is 0.494 e. The van der Waals surface area contributed by atoms with E-state index in [1.54, 1.807) is 66.7 Å². The minimum atomic E-state index is -0.624. The molecule has 1 heterocycles. The standard InChI is InChI=1S/C47H48N2O12/c1-3-44(50)56-27-11-7-5-9-25-54-38-18-14-35(15-19-38)46(52)60-40-22-24-41(37(30-40)32-49-48-31-34-13-23-42-43(29-34)59-33-58-42)61-47(53)36-16-20-39(21-17-36)55-26-10-6-8-12-28-57-45(51)4-2/h3-4,13-24,29-32H,1-2,5-12,25-28,33H2. The number of nitrogens with zero attached hydrogens (tertiary/aromatic N) is 2. The first-order chi connectivity index (χ1) is 29.8. The molecule has 318 valence electrons. The van der Waals surface area contributed by atoms with Crippen LogP contribution in [0, 0.1) is 0 Å². The van der Waals surface area contributed by atoms with Gasteiger partial charge in [0.25, 0.3) is 0 Å². The van der Waals surface area contributed by atoms with Crippen LogP contribution in [0.15, 0.2) is 120 Å². The van der Waals surface area contributed by atoms with E-state index >= 15 is 0 Å². The highest BCUT2D eigenvalue weighted by atomic mass is 16.7. The second-order valence-corrected chi connectivity index (χ2v) is 13.4.